The number of thioether (sulfide) groups is 2. The Bertz CT molecular complexity index is 1160. The van der Waals surface area contributed by atoms with Crippen LogP contribution >= 0.6 is 35.1 Å². The fraction of sp³-hybridized carbons (Fsp3) is 0.333. The lowest BCUT2D eigenvalue weighted by Gasteiger charge is -2.35. The molecule has 2 fully saturated rings. The molecule has 0 spiro atoms. The minimum Gasteiger partial charge on any atom is -0.352 e. The lowest BCUT2D eigenvalue weighted by atomic mass is 10.1. The SMILES string of the molecule is O=C1N=C(N2CCSCC2)SC1=Cc1cccc(C(=O)N2CCN(c3ncccc3Cl)CC2)c1. The Morgan fingerprint density at radius 3 is 2.56 bits per heavy atom. The number of carbonyl (C=O) groups excluding carboxylic acids is 2. The Morgan fingerprint density at radius 2 is 1.79 bits per heavy atom. The van der Waals surface area contributed by atoms with Crippen molar-refractivity contribution >= 4 is 64.0 Å². The van der Waals surface area contributed by atoms with Gasteiger partial charge in [0, 0.05) is 62.5 Å². The Labute approximate surface area is 212 Å². The molecule has 7 nitrogen and oxygen atoms in total. The van der Waals surface area contributed by atoms with Crippen molar-refractivity contribution < 1.29 is 9.59 Å². The van der Waals surface area contributed by atoms with Crippen LogP contribution in [0.1, 0.15) is 15.9 Å². The molecule has 0 saturated carbocycles. The summed E-state index contributed by atoms with van der Waals surface area (Å²) in [6.45, 7) is 4.37. The van der Waals surface area contributed by atoms with E-state index in [0.29, 0.717) is 41.7 Å². The number of pyridine rings is 1. The average molecular weight is 514 g/mol. The standard InChI is InChI=1S/C24H24ClN5O2S2/c25-19-5-2-6-26-21(19)28-7-9-29(10-8-28)23(32)18-4-1-3-17(15-18)16-20-22(31)27-24(34-20)30-11-13-33-14-12-30/h1-6,15-16H,7-14H2. The van der Waals surface area contributed by atoms with E-state index in [1.54, 1.807) is 6.20 Å². The molecule has 5 rings (SSSR count). The number of amides is 2. The van der Waals surface area contributed by atoms with Crippen molar-refractivity contribution in [1.82, 2.24) is 14.8 Å². The number of piperazine rings is 1. The lowest BCUT2D eigenvalue weighted by Crippen LogP contribution is -2.49. The molecular formula is C24H24ClN5O2S2. The average Bonchev–Trinajstić information content (AvgIpc) is 3.25. The van der Waals surface area contributed by atoms with Gasteiger partial charge in [-0.15, -0.1) is 0 Å². The Morgan fingerprint density at radius 1 is 1.00 bits per heavy atom. The molecule has 0 aliphatic carbocycles. The van der Waals surface area contributed by atoms with Gasteiger partial charge in [0.25, 0.3) is 11.8 Å². The number of carbonyl (C=O) groups is 2. The Hall–Kier alpha value is -2.49. The molecule has 1 aromatic carbocycles. The summed E-state index contributed by atoms with van der Waals surface area (Å²) in [6.07, 6.45) is 3.56. The fourth-order valence-corrected chi connectivity index (χ4v) is 6.22. The summed E-state index contributed by atoms with van der Waals surface area (Å²) in [5, 5.41) is 1.41. The number of anilines is 1. The minimum atomic E-state index is -0.209. The van der Waals surface area contributed by atoms with Gasteiger partial charge < -0.3 is 14.7 Å². The number of amidine groups is 1. The summed E-state index contributed by atoms with van der Waals surface area (Å²) in [5.74, 6) is 2.65. The predicted octanol–water partition coefficient (Wildman–Crippen LogP) is 3.72. The molecule has 0 radical (unpaired) electrons. The van der Waals surface area contributed by atoms with Crippen molar-refractivity contribution in [2.24, 2.45) is 4.99 Å². The van der Waals surface area contributed by atoms with Crippen LogP contribution in [-0.4, -0.2) is 82.5 Å². The third-order valence-corrected chi connectivity index (χ3v) is 8.21. The molecule has 0 atom stereocenters. The van der Waals surface area contributed by atoms with E-state index >= 15 is 0 Å². The molecule has 34 heavy (non-hydrogen) atoms. The van der Waals surface area contributed by atoms with Crippen LogP contribution in [0.5, 0.6) is 0 Å². The van der Waals surface area contributed by atoms with Crippen LogP contribution in [0.3, 0.4) is 0 Å². The van der Waals surface area contributed by atoms with E-state index in [4.69, 9.17) is 11.6 Å². The van der Waals surface area contributed by atoms with E-state index < -0.39 is 0 Å². The van der Waals surface area contributed by atoms with Gasteiger partial charge >= 0.3 is 0 Å². The molecule has 1 aromatic heterocycles. The summed E-state index contributed by atoms with van der Waals surface area (Å²) in [7, 11) is 0. The smallest absolute Gasteiger partial charge is 0.286 e. The van der Waals surface area contributed by atoms with Gasteiger partial charge in [-0.3, -0.25) is 9.59 Å². The number of rotatable bonds is 3. The van der Waals surface area contributed by atoms with Crippen LogP contribution in [-0.2, 0) is 4.79 Å². The molecule has 10 heteroatoms. The normalized spacial score (nSPS) is 20.1. The molecule has 3 aliphatic rings. The Balaban J connectivity index is 1.23. The van der Waals surface area contributed by atoms with E-state index in [0.717, 1.165) is 41.1 Å². The van der Waals surface area contributed by atoms with Crippen molar-refractivity contribution in [1.29, 1.82) is 0 Å². The summed E-state index contributed by atoms with van der Waals surface area (Å²) in [5.41, 5.74) is 1.44. The Kier molecular flexibility index (Phi) is 7.12. The molecule has 2 aromatic rings. The molecule has 0 unspecified atom stereocenters. The van der Waals surface area contributed by atoms with Crippen LogP contribution in [0.15, 0.2) is 52.5 Å². The highest BCUT2D eigenvalue weighted by atomic mass is 35.5. The maximum atomic E-state index is 13.2. The monoisotopic (exact) mass is 513 g/mol. The highest BCUT2D eigenvalue weighted by Crippen LogP contribution is 2.31. The first-order valence-corrected chi connectivity index (χ1v) is 13.5. The first-order chi connectivity index (χ1) is 16.6. The largest absolute Gasteiger partial charge is 0.352 e. The third-order valence-electron chi connectivity index (χ3n) is 5.93. The van der Waals surface area contributed by atoms with Crippen molar-refractivity contribution in [3.63, 3.8) is 0 Å². The second-order valence-corrected chi connectivity index (χ2v) is 10.8. The van der Waals surface area contributed by atoms with Crippen molar-refractivity contribution in [3.8, 4) is 0 Å². The van der Waals surface area contributed by atoms with Crippen molar-refractivity contribution in [2.75, 3.05) is 55.7 Å². The van der Waals surface area contributed by atoms with Gasteiger partial charge in [-0.1, -0.05) is 23.7 Å². The first-order valence-electron chi connectivity index (χ1n) is 11.2. The van der Waals surface area contributed by atoms with Gasteiger partial charge in [-0.05, 0) is 47.7 Å². The van der Waals surface area contributed by atoms with Gasteiger partial charge in [0.15, 0.2) is 5.17 Å². The van der Waals surface area contributed by atoms with Crippen LogP contribution in [0.25, 0.3) is 6.08 Å². The number of nitrogens with zero attached hydrogens (tertiary/aromatic N) is 5. The zero-order chi connectivity index (χ0) is 23.5. The number of aliphatic imine (C=N–C) groups is 1. The highest BCUT2D eigenvalue weighted by Gasteiger charge is 2.27. The zero-order valence-corrected chi connectivity index (χ0v) is 20.9. The van der Waals surface area contributed by atoms with Crippen LogP contribution in [0.2, 0.25) is 5.02 Å². The van der Waals surface area contributed by atoms with E-state index in [1.807, 2.05) is 59.1 Å². The molecule has 0 bridgehead atoms. The molecule has 176 valence electrons. The van der Waals surface area contributed by atoms with Crippen LogP contribution in [0.4, 0.5) is 5.82 Å². The maximum absolute atomic E-state index is 13.2. The predicted molar refractivity (Wildman–Crippen MR) is 141 cm³/mol. The number of benzene rings is 1. The summed E-state index contributed by atoms with van der Waals surface area (Å²) in [6, 6.07) is 11.1. The first kappa shape index (κ1) is 23.3. The van der Waals surface area contributed by atoms with Gasteiger partial charge in [-0.25, -0.2) is 4.98 Å². The van der Waals surface area contributed by atoms with Crippen molar-refractivity contribution in [2.45, 2.75) is 0 Å². The number of halogens is 1. The third kappa shape index (κ3) is 5.11. The molecule has 3 aliphatic heterocycles. The van der Waals surface area contributed by atoms with Crippen molar-refractivity contribution in [3.05, 3.63) is 63.6 Å². The minimum absolute atomic E-state index is 0.0137. The van der Waals surface area contributed by atoms with Gasteiger partial charge in [0.05, 0.1) is 9.93 Å². The quantitative estimate of drug-likeness (QED) is 0.579. The lowest BCUT2D eigenvalue weighted by molar-refractivity contribution is -0.113. The second kappa shape index (κ2) is 10.4. The second-order valence-electron chi connectivity index (χ2n) is 8.12. The topological polar surface area (TPSA) is 69.1 Å². The van der Waals surface area contributed by atoms with E-state index in [1.165, 1.54) is 11.8 Å². The van der Waals surface area contributed by atoms with Crippen LogP contribution < -0.4 is 4.90 Å². The number of aromatic nitrogens is 1. The molecule has 2 saturated heterocycles. The van der Waals surface area contributed by atoms with Gasteiger partial charge in [0.2, 0.25) is 0 Å². The molecule has 4 heterocycles. The molecular weight excluding hydrogens is 490 g/mol. The zero-order valence-electron chi connectivity index (χ0n) is 18.5. The van der Waals surface area contributed by atoms with Gasteiger partial charge in [-0.2, -0.15) is 16.8 Å². The number of hydrogen-bond acceptors (Lipinski definition) is 7. The highest BCUT2D eigenvalue weighted by molar-refractivity contribution is 8.18. The van der Waals surface area contributed by atoms with E-state index in [-0.39, 0.29) is 11.8 Å². The molecule has 0 N–H and O–H groups in total. The van der Waals surface area contributed by atoms with E-state index in [9.17, 15) is 9.59 Å². The maximum Gasteiger partial charge on any atom is 0.286 e. The molecule has 2 amide bonds. The van der Waals surface area contributed by atoms with Crippen LogP contribution in [0, 0.1) is 0 Å². The summed E-state index contributed by atoms with van der Waals surface area (Å²) >= 11 is 9.62. The summed E-state index contributed by atoms with van der Waals surface area (Å²) < 4.78 is 0. The summed E-state index contributed by atoms with van der Waals surface area (Å²) in [4.78, 5) is 41.0. The number of hydrogen-bond donors (Lipinski definition) is 0. The van der Waals surface area contributed by atoms with Gasteiger partial charge in [0.1, 0.15) is 5.82 Å². The van der Waals surface area contributed by atoms with E-state index in [2.05, 4.69) is 19.8 Å². The fourth-order valence-electron chi connectivity index (χ4n) is 4.11.